The zero-order valence-corrected chi connectivity index (χ0v) is 16.5. The van der Waals surface area contributed by atoms with Crippen molar-refractivity contribution in [1.82, 2.24) is 10.3 Å². The Bertz CT molecular complexity index is 723. The molecule has 174 valence electrons. The lowest BCUT2D eigenvalue weighted by molar-refractivity contribution is -0.301. The summed E-state index contributed by atoms with van der Waals surface area (Å²) in [5, 5.41) is 72.5. The number of nitrogens with one attached hydrogen (secondary N) is 1. The molecule has 0 bridgehead atoms. The monoisotopic (exact) mass is 444 g/mol. The van der Waals surface area contributed by atoms with Crippen molar-refractivity contribution >= 4 is 5.91 Å². The van der Waals surface area contributed by atoms with Crippen LogP contribution in [0.5, 0.6) is 0 Å². The van der Waals surface area contributed by atoms with Crippen LogP contribution < -0.4 is 5.32 Å². The van der Waals surface area contributed by atoms with Crippen molar-refractivity contribution in [3.8, 4) is 0 Å². The van der Waals surface area contributed by atoms with E-state index in [4.69, 9.17) is 9.47 Å². The van der Waals surface area contributed by atoms with Crippen LogP contribution in [-0.2, 0) is 9.47 Å². The van der Waals surface area contributed by atoms with E-state index in [2.05, 4.69) is 10.3 Å². The largest absolute Gasteiger partial charge is 0.396 e. The summed E-state index contributed by atoms with van der Waals surface area (Å²) in [6, 6.07) is 1.56. The lowest BCUT2D eigenvalue weighted by Crippen LogP contribution is -2.66. The molecule has 1 saturated carbocycles. The van der Waals surface area contributed by atoms with Crippen LogP contribution in [0.4, 0.5) is 0 Å². The SMILES string of the molecule is O=C(N[C@H]1[C@@H](OC2C[C@H](CO)[C@@H](O)[C@@H](O)[C@H]2O)O[C@H](CO)[C@@H](O)[C@@H]1O)c1ccncc1. The highest BCUT2D eigenvalue weighted by Crippen LogP contribution is 2.31. The molecule has 0 aromatic carbocycles. The van der Waals surface area contributed by atoms with E-state index >= 15 is 0 Å². The number of aliphatic hydroxyl groups is 7. The molecule has 1 amide bonds. The highest BCUT2D eigenvalue weighted by atomic mass is 16.7. The van der Waals surface area contributed by atoms with Crippen LogP contribution in [0.3, 0.4) is 0 Å². The second-order valence-electron chi connectivity index (χ2n) is 7.77. The Hall–Kier alpha value is -1.74. The molecule has 2 heterocycles. The Morgan fingerprint density at radius 3 is 2.29 bits per heavy atom. The molecule has 1 aliphatic heterocycles. The Morgan fingerprint density at radius 1 is 1.00 bits per heavy atom. The Morgan fingerprint density at radius 2 is 1.68 bits per heavy atom. The number of carbonyl (C=O) groups excluding carboxylic acids is 1. The van der Waals surface area contributed by atoms with Gasteiger partial charge in [0.15, 0.2) is 6.29 Å². The van der Waals surface area contributed by atoms with E-state index in [9.17, 15) is 40.5 Å². The molecular weight excluding hydrogens is 416 g/mol. The second-order valence-corrected chi connectivity index (χ2v) is 7.77. The van der Waals surface area contributed by atoms with Gasteiger partial charge in [-0.05, 0) is 18.6 Å². The zero-order chi connectivity index (χ0) is 22.7. The number of nitrogens with zero attached hydrogens (tertiary/aromatic N) is 1. The maximum Gasteiger partial charge on any atom is 0.251 e. The van der Waals surface area contributed by atoms with Gasteiger partial charge in [-0.1, -0.05) is 0 Å². The quantitative estimate of drug-likeness (QED) is 0.213. The fourth-order valence-corrected chi connectivity index (χ4v) is 3.86. The van der Waals surface area contributed by atoms with Crippen molar-refractivity contribution in [2.45, 2.75) is 61.5 Å². The number of carbonyl (C=O) groups is 1. The van der Waals surface area contributed by atoms with Crippen molar-refractivity contribution in [2.24, 2.45) is 5.92 Å². The third kappa shape index (κ3) is 5.03. The minimum atomic E-state index is -1.60. The smallest absolute Gasteiger partial charge is 0.251 e. The van der Waals surface area contributed by atoms with Gasteiger partial charge in [-0.2, -0.15) is 0 Å². The summed E-state index contributed by atoms with van der Waals surface area (Å²) in [5.41, 5.74) is 0.219. The molecule has 2 aliphatic rings. The average molecular weight is 444 g/mol. The van der Waals surface area contributed by atoms with Gasteiger partial charge < -0.3 is 50.5 Å². The van der Waals surface area contributed by atoms with Gasteiger partial charge in [0.05, 0.1) is 18.8 Å². The van der Waals surface area contributed by atoms with Crippen LogP contribution in [0.2, 0.25) is 0 Å². The highest BCUT2D eigenvalue weighted by Gasteiger charge is 2.49. The molecule has 2 fully saturated rings. The lowest BCUT2D eigenvalue weighted by Gasteiger charge is -2.46. The van der Waals surface area contributed by atoms with Crippen molar-refractivity contribution in [3.63, 3.8) is 0 Å². The topological polar surface area (TPSA) is 202 Å². The molecule has 1 saturated heterocycles. The third-order valence-corrected chi connectivity index (χ3v) is 5.76. The van der Waals surface area contributed by atoms with Gasteiger partial charge in [-0.25, -0.2) is 0 Å². The predicted molar refractivity (Wildman–Crippen MR) is 101 cm³/mol. The van der Waals surface area contributed by atoms with E-state index in [-0.39, 0.29) is 12.0 Å². The molecule has 0 spiro atoms. The molecule has 12 heteroatoms. The van der Waals surface area contributed by atoms with Gasteiger partial charge in [0.1, 0.15) is 36.6 Å². The molecular formula is C19H28N2O10. The van der Waals surface area contributed by atoms with E-state index in [1.807, 2.05) is 0 Å². The molecule has 1 aliphatic carbocycles. The summed E-state index contributed by atoms with van der Waals surface area (Å²) >= 11 is 0. The fourth-order valence-electron chi connectivity index (χ4n) is 3.86. The van der Waals surface area contributed by atoms with Crippen LogP contribution in [0.25, 0.3) is 0 Å². The molecule has 1 aromatic rings. The van der Waals surface area contributed by atoms with Gasteiger partial charge in [-0.15, -0.1) is 0 Å². The van der Waals surface area contributed by atoms with E-state index in [1.165, 1.54) is 24.5 Å². The summed E-state index contributed by atoms with van der Waals surface area (Å²) in [5.74, 6) is -1.41. The van der Waals surface area contributed by atoms with Crippen LogP contribution in [0.15, 0.2) is 24.5 Å². The third-order valence-electron chi connectivity index (χ3n) is 5.76. The highest BCUT2D eigenvalue weighted by molar-refractivity contribution is 5.94. The normalized spacial score (nSPS) is 41.0. The number of ether oxygens (including phenoxy) is 2. The van der Waals surface area contributed by atoms with Crippen LogP contribution >= 0.6 is 0 Å². The molecule has 1 aromatic heterocycles. The van der Waals surface area contributed by atoms with Gasteiger partial charge in [0, 0.05) is 30.5 Å². The number of aromatic nitrogens is 1. The molecule has 8 N–H and O–H groups in total. The summed E-state index contributed by atoms with van der Waals surface area (Å²) in [6.45, 7) is -1.13. The maximum atomic E-state index is 12.6. The van der Waals surface area contributed by atoms with Crippen molar-refractivity contribution < 1.29 is 50.0 Å². The van der Waals surface area contributed by atoms with Crippen LogP contribution in [-0.4, -0.2) is 115 Å². The molecule has 1 unspecified atom stereocenters. The number of rotatable bonds is 6. The number of aliphatic hydroxyl groups excluding tert-OH is 7. The van der Waals surface area contributed by atoms with E-state index in [0.717, 1.165) is 0 Å². The molecule has 10 atom stereocenters. The number of pyridine rings is 1. The van der Waals surface area contributed by atoms with Crippen LogP contribution in [0, 0.1) is 5.92 Å². The Labute approximate surface area is 177 Å². The number of amides is 1. The van der Waals surface area contributed by atoms with Crippen LogP contribution in [0.1, 0.15) is 16.8 Å². The van der Waals surface area contributed by atoms with Gasteiger partial charge >= 0.3 is 0 Å². The van der Waals surface area contributed by atoms with Crippen molar-refractivity contribution in [3.05, 3.63) is 30.1 Å². The average Bonchev–Trinajstić information content (AvgIpc) is 2.79. The van der Waals surface area contributed by atoms with Gasteiger partial charge in [-0.3, -0.25) is 9.78 Å². The number of hydrogen-bond donors (Lipinski definition) is 8. The first-order valence-electron chi connectivity index (χ1n) is 9.92. The van der Waals surface area contributed by atoms with E-state index < -0.39 is 80.1 Å². The van der Waals surface area contributed by atoms with E-state index in [0.29, 0.717) is 0 Å². The second kappa shape index (κ2) is 10.3. The Balaban J connectivity index is 1.80. The minimum absolute atomic E-state index is 0.0524. The summed E-state index contributed by atoms with van der Waals surface area (Å²) in [7, 11) is 0. The molecule has 0 radical (unpaired) electrons. The van der Waals surface area contributed by atoms with Crippen molar-refractivity contribution in [1.29, 1.82) is 0 Å². The lowest BCUT2D eigenvalue weighted by atomic mass is 9.81. The molecule has 12 nitrogen and oxygen atoms in total. The first-order valence-corrected chi connectivity index (χ1v) is 9.92. The molecule has 3 rings (SSSR count). The number of hydrogen-bond acceptors (Lipinski definition) is 11. The Kier molecular flexibility index (Phi) is 7.91. The standard InChI is InChI=1S/C19H28N2O10/c22-6-9-5-10(14(25)17(28)13(9)24)30-19-12(16(27)15(26)11(7-23)31-19)21-18(29)8-1-3-20-4-2-8/h1-4,9-17,19,22-28H,5-7H2,(H,21,29)/t9-,10?,11-,12-,13-,14+,15-,16-,17-,19+/m1/s1. The van der Waals surface area contributed by atoms with E-state index in [1.54, 1.807) is 0 Å². The first-order chi connectivity index (χ1) is 14.8. The van der Waals surface area contributed by atoms with Gasteiger partial charge in [0.25, 0.3) is 5.91 Å². The van der Waals surface area contributed by atoms with Crippen molar-refractivity contribution in [2.75, 3.05) is 13.2 Å². The maximum absolute atomic E-state index is 12.6. The fraction of sp³-hybridized carbons (Fsp3) is 0.684. The first kappa shape index (κ1) is 23.9. The minimum Gasteiger partial charge on any atom is -0.396 e. The summed E-state index contributed by atoms with van der Waals surface area (Å²) in [4.78, 5) is 16.4. The molecule has 31 heavy (non-hydrogen) atoms. The summed E-state index contributed by atoms with van der Waals surface area (Å²) < 4.78 is 11.3. The van der Waals surface area contributed by atoms with Gasteiger partial charge in [0.2, 0.25) is 0 Å². The zero-order valence-electron chi connectivity index (χ0n) is 16.5. The summed E-state index contributed by atoms with van der Waals surface area (Å²) in [6.07, 6.45) is -8.71. The predicted octanol–water partition coefficient (Wildman–Crippen LogP) is -3.90.